The van der Waals surface area contributed by atoms with Crippen LogP contribution in [0.5, 0.6) is 5.75 Å². The van der Waals surface area contributed by atoms with Crippen molar-refractivity contribution in [1.29, 1.82) is 0 Å². The van der Waals surface area contributed by atoms with Gasteiger partial charge >= 0.3 is 0 Å². The average Bonchev–Trinajstić information content (AvgIpc) is 2.95. The van der Waals surface area contributed by atoms with Crippen molar-refractivity contribution in [2.75, 3.05) is 24.3 Å². The van der Waals surface area contributed by atoms with E-state index in [1.165, 1.54) is 16.8 Å². The Morgan fingerprint density at radius 3 is 3.05 bits per heavy atom. The summed E-state index contributed by atoms with van der Waals surface area (Å²) < 4.78 is 5.23. The highest BCUT2D eigenvalue weighted by Gasteiger charge is 2.13. The Labute approximate surface area is 123 Å². The summed E-state index contributed by atoms with van der Waals surface area (Å²) in [5.74, 6) is 0.688. The van der Waals surface area contributed by atoms with Gasteiger partial charge in [0.1, 0.15) is 5.75 Å². The van der Waals surface area contributed by atoms with Crippen LogP contribution in [0.1, 0.15) is 11.1 Å². The summed E-state index contributed by atoms with van der Waals surface area (Å²) in [4.78, 5) is 0. The van der Waals surface area contributed by atoms with E-state index in [9.17, 15) is 0 Å². The number of rotatable bonds is 4. The van der Waals surface area contributed by atoms with Crippen LogP contribution in [0.4, 0.5) is 11.4 Å². The quantitative estimate of drug-likeness (QED) is 0.894. The zero-order valence-electron chi connectivity index (χ0n) is 11.4. The number of halogens is 1. The molecular weight excluding hydrogens is 272 g/mol. The molecule has 0 unspecified atom stereocenters. The van der Waals surface area contributed by atoms with Crippen LogP contribution in [0.15, 0.2) is 36.4 Å². The highest BCUT2D eigenvalue weighted by Crippen LogP contribution is 2.29. The van der Waals surface area contributed by atoms with Gasteiger partial charge in [0.25, 0.3) is 0 Å². The Bertz CT molecular complexity index is 628. The van der Waals surface area contributed by atoms with E-state index in [-0.39, 0.29) is 0 Å². The zero-order valence-corrected chi connectivity index (χ0v) is 12.1. The molecule has 4 heteroatoms. The summed E-state index contributed by atoms with van der Waals surface area (Å²) in [6.07, 6.45) is 1.11. The maximum atomic E-state index is 6.03. The molecule has 104 valence electrons. The van der Waals surface area contributed by atoms with Crippen molar-refractivity contribution in [3.8, 4) is 5.75 Å². The number of benzene rings is 2. The van der Waals surface area contributed by atoms with Crippen LogP contribution < -0.4 is 15.4 Å². The number of fused-ring (bicyclic) bond motifs is 1. The molecule has 0 saturated carbocycles. The van der Waals surface area contributed by atoms with Crippen molar-refractivity contribution in [1.82, 2.24) is 0 Å². The Kier molecular flexibility index (Phi) is 3.70. The van der Waals surface area contributed by atoms with Gasteiger partial charge in [-0.05, 0) is 29.7 Å². The standard InChI is InChI=1S/C16H17ClN2O/c1-20-15-9-13(5-6-14(15)17)19-10-12-4-2-3-11-7-8-18-16(11)12/h2-6,9,18-19H,7-8,10H2,1H3. The van der Waals surface area contributed by atoms with E-state index in [1.807, 2.05) is 18.2 Å². The van der Waals surface area contributed by atoms with Crippen LogP contribution >= 0.6 is 11.6 Å². The van der Waals surface area contributed by atoms with Gasteiger partial charge in [0.05, 0.1) is 12.1 Å². The molecule has 1 heterocycles. The molecular formula is C16H17ClN2O. The van der Waals surface area contributed by atoms with E-state index in [0.29, 0.717) is 10.8 Å². The molecule has 0 aromatic heterocycles. The lowest BCUT2D eigenvalue weighted by Gasteiger charge is -2.12. The molecule has 0 amide bonds. The van der Waals surface area contributed by atoms with E-state index in [1.54, 1.807) is 7.11 Å². The third kappa shape index (κ3) is 2.54. The second-order valence-corrected chi connectivity index (χ2v) is 5.24. The lowest BCUT2D eigenvalue weighted by Crippen LogP contribution is -2.03. The van der Waals surface area contributed by atoms with Gasteiger partial charge in [0.15, 0.2) is 0 Å². The Morgan fingerprint density at radius 2 is 2.20 bits per heavy atom. The lowest BCUT2D eigenvalue weighted by molar-refractivity contribution is 0.415. The summed E-state index contributed by atoms with van der Waals surface area (Å²) in [6.45, 7) is 1.81. The second-order valence-electron chi connectivity index (χ2n) is 4.83. The van der Waals surface area contributed by atoms with E-state index < -0.39 is 0 Å². The number of anilines is 2. The molecule has 1 aliphatic rings. The third-order valence-corrected chi connectivity index (χ3v) is 3.88. The first-order chi connectivity index (χ1) is 9.78. The van der Waals surface area contributed by atoms with E-state index in [2.05, 4.69) is 28.8 Å². The fraction of sp³-hybridized carbons (Fsp3) is 0.250. The van der Waals surface area contributed by atoms with Crippen molar-refractivity contribution in [3.63, 3.8) is 0 Å². The number of hydrogen-bond acceptors (Lipinski definition) is 3. The maximum absolute atomic E-state index is 6.03. The largest absolute Gasteiger partial charge is 0.495 e. The summed E-state index contributed by atoms with van der Waals surface area (Å²) in [7, 11) is 1.62. The molecule has 0 saturated heterocycles. The number of hydrogen-bond donors (Lipinski definition) is 2. The molecule has 2 N–H and O–H groups in total. The van der Waals surface area contributed by atoms with Crippen molar-refractivity contribution in [2.24, 2.45) is 0 Å². The molecule has 0 aliphatic carbocycles. The summed E-state index contributed by atoms with van der Waals surface area (Å²) in [6, 6.07) is 12.2. The van der Waals surface area contributed by atoms with Crippen molar-refractivity contribution >= 4 is 23.0 Å². The monoisotopic (exact) mass is 288 g/mol. The molecule has 20 heavy (non-hydrogen) atoms. The molecule has 0 fully saturated rings. The highest BCUT2D eigenvalue weighted by molar-refractivity contribution is 6.32. The average molecular weight is 289 g/mol. The molecule has 0 spiro atoms. The first kappa shape index (κ1) is 13.1. The van der Waals surface area contributed by atoms with Crippen molar-refractivity contribution in [2.45, 2.75) is 13.0 Å². The molecule has 0 atom stereocenters. The van der Waals surface area contributed by atoms with Crippen LogP contribution in [0, 0.1) is 0 Å². The number of methoxy groups -OCH3 is 1. The van der Waals surface area contributed by atoms with Gasteiger partial charge in [-0.1, -0.05) is 29.8 Å². The summed E-state index contributed by atoms with van der Waals surface area (Å²) >= 11 is 6.03. The molecule has 2 aromatic carbocycles. The zero-order chi connectivity index (χ0) is 13.9. The second kappa shape index (κ2) is 5.63. The van der Waals surface area contributed by atoms with Gasteiger partial charge < -0.3 is 15.4 Å². The third-order valence-electron chi connectivity index (χ3n) is 3.57. The van der Waals surface area contributed by atoms with Crippen LogP contribution in [-0.2, 0) is 13.0 Å². The molecule has 3 rings (SSSR count). The molecule has 1 aliphatic heterocycles. The van der Waals surface area contributed by atoms with Crippen LogP contribution in [0.25, 0.3) is 0 Å². The predicted octanol–water partition coefficient (Wildman–Crippen LogP) is 3.93. The van der Waals surface area contributed by atoms with Gasteiger partial charge in [-0.25, -0.2) is 0 Å². The van der Waals surface area contributed by atoms with Gasteiger partial charge in [-0.15, -0.1) is 0 Å². The van der Waals surface area contributed by atoms with Crippen molar-refractivity contribution in [3.05, 3.63) is 52.5 Å². The minimum Gasteiger partial charge on any atom is -0.495 e. The Hall–Kier alpha value is -1.87. The topological polar surface area (TPSA) is 33.3 Å². The minimum absolute atomic E-state index is 0.625. The first-order valence-corrected chi connectivity index (χ1v) is 7.08. The van der Waals surface area contributed by atoms with Gasteiger partial charge in [-0.3, -0.25) is 0 Å². The van der Waals surface area contributed by atoms with Gasteiger partial charge in [0.2, 0.25) is 0 Å². The molecule has 0 radical (unpaired) electrons. The summed E-state index contributed by atoms with van der Waals surface area (Å²) in [5.41, 5.74) is 4.97. The first-order valence-electron chi connectivity index (χ1n) is 6.70. The van der Waals surface area contributed by atoms with Gasteiger partial charge in [0, 0.05) is 30.5 Å². The molecule has 0 bridgehead atoms. The number of ether oxygens (including phenoxy) is 1. The molecule has 2 aromatic rings. The number of nitrogens with one attached hydrogen (secondary N) is 2. The molecule has 3 nitrogen and oxygen atoms in total. The maximum Gasteiger partial charge on any atom is 0.139 e. The highest BCUT2D eigenvalue weighted by atomic mass is 35.5. The normalized spacial score (nSPS) is 12.7. The van der Waals surface area contributed by atoms with Crippen molar-refractivity contribution < 1.29 is 4.74 Å². The SMILES string of the molecule is COc1cc(NCc2cccc3c2NCC3)ccc1Cl. The van der Waals surface area contributed by atoms with Crippen LogP contribution in [-0.4, -0.2) is 13.7 Å². The Balaban J connectivity index is 1.75. The van der Waals surface area contributed by atoms with Crippen LogP contribution in [0.2, 0.25) is 5.02 Å². The fourth-order valence-corrected chi connectivity index (χ4v) is 2.72. The van der Waals surface area contributed by atoms with E-state index >= 15 is 0 Å². The summed E-state index contributed by atoms with van der Waals surface area (Å²) in [5, 5.41) is 7.49. The van der Waals surface area contributed by atoms with E-state index in [4.69, 9.17) is 16.3 Å². The van der Waals surface area contributed by atoms with E-state index in [0.717, 1.165) is 25.2 Å². The predicted molar refractivity (Wildman–Crippen MR) is 84.0 cm³/mol. The lowest BCUT2D eigenvalue weighted by atomic mass is 10.1. The van der Waals surface area contributed by atoms with Crippen LogP contribution in [0.3, 0.4) is 0 Å². The smallest absolute Gasteiger partial charge is 0.139 e. The van der Waals surface area contributed by atoms with Gasteiger partial charge in [-0.2, -0.15) is 0 Å². The Morgan fingerprint density at radius 1 is 1.30 bits per heavy atom. The fourth-order valence-electron chi connectivity index (χ4n) is 2.53. The minimum atomic E-state index is 0.625. The number of para-hydroxylation sites is 1.